The van der Waals surface area contributed by atoms with Crippen LogP contribution < -0.4 is 0 Å². The molecule has 2 heteroatoms. The molecule has 0 aromatic carbocycles. The Morgan fingerprint density at radius 1 is 0.931 bits per heavy atom. The van der Waals surface area contributed by atoms with Gasteiger partial charge in [-0.2, -0.15) is 0 Å². The summed E-state index contributed by atoms with van der Waals surface area (Å²) in [6.07, 6.45) is 15.2. The third-order valence-corrected chi connectivity index (χ3v) is 10.4. The van der Waals surface area contributed by atoms with E-state index in [1.54, 1.807) is 0 Å². The molecule has 29 heavy (non-hydrogen) atoms. The Bertz CT molecular complexity index is 612. The molecular weight excluding hydrogens is 356 g/mol. The molecular formula is C27H46O2. The molecule has 0 heterocycles. The van der Waals surface area contributed by atoms with Gasteiger partial charge in [-0.05, 0) is 85.4 Å². The van der Waals surface area contributed by atoms with E-state index in [0.29, 0.717) is 29.6 Å². The van der Waals surface area contributed by atoms with Crippen LogP contribution in [0.4, 0.5) is 0 Å². The highest BCUT2D eigenvalue weighted by Gasteiger charge is 2.61. The molecule has 0 amide bonds. The van der Waals surface area contributed by atoms with Crippen molar-refractivity contribution < 1.29 is 10.2 Å². The SMILES string of the molecule is CC(C)CCC[C@@H](C)[C@H]1CC[C@H]2[C@@H]3C=CC4CC(O)CC(O)[C@]4(C)[C@H]3CC[C@]12C. The van der Waals surface area contributed by atoms with Crippen LogP contribution in [-0.2, 0) is 0 Å². The topological polar surface area (TPSA) is 40.5 Å². The summed E-state index contributed by atoms with van der Waals surface area (Å²) in [5, 5.41) is 21.3. The van der Waals surface area contributed by atoms with Gasteiger partial charge in [0.1, 0.15) is 0 Å². The van der Waals surface area contributed by atoms with Crippen LogP contribution in [0.15, 0.2) is 12.2 Å². The van der Waals surface area contributed by atoms with Gasteiger partial charge in [0.2, 0.25) is 0 Å². The molecule has 0 aromatic heterocycles. The van der Waals surface area contributed by atoms with Gasteiger partial charge in [0.15, 0.2) is 0 Å². The zero-order valence-corrected chi connectivity index (χ0v) is 19.6. The number of rotatable bonds is 5. The van der Waals surface area contributed by atoms with Gasteiger partial charge in [0.05, 0.1) is 12.2 Å². The van der Waals surface area contributed by atoms with Crippen molar-refractivity contribution >= 4 is 0 Å². The molecule has 0 aromatic rings. The first-order valence-electron chi connectivity index (χ1n) is 12.7. The number of allylic oxidation sites excluding steroid dienone is 2. The predicted molar refractivity (Wildman–Crippen MR) is 120 cm³/mol. The first kappa shape index (κ1) is 21.9. The molecule has 4 aliphatic rings. The summed E-state index contributed by atoms with van der Waals surface area (Å²) >= 11 is 0. The summed E-state index contributed by atoms with van der Waals surface area (Å²) in [7, 11) is 0. The number of aliphatic hydroxyl groups is 2. The molecule has 4 rings (SSSR count). The van der Waals surface area contributed by atoms with Gasteiger partial charge in [-0.25, -0.2) is 0 Å². The molecule has 0 radical (unpaired) electrons. The summed E-state index contributed by atoms with van der Waals surface area (Å²) in [5.74, 6) is 4.89. The summed E-state index contributed by atoms with van der Waals surface area (Å²) in [6, 6.07) is 0. The quantitative estimate of drug-likeness (QED) is 0.536. The number of aliphatic hydroxyl groups excluding tert-OH is 2. The smallest absolute Gasteiger partial charge is 0.0626 e. The largest absolute Gasteiger partial charge is 0.393 e. The molecule has 0 bridgehead atoms. The maximum Gasteiger partial charge on any atom is 0.0626 e. The van der Waals surface area contributed by atoms with Gasteiger partial charge in [-0.15, -0.1) is 0 Å². The van der Waals surface area contributed by atoms with Crippen molar-refractivity contribution in [3.05, 3.63) is 12.2 Å². The van der Waals surface area contributed by atoms with Crippen molar-refractivity contribution in [1.82, 2.24) is 0 Å². The van der Waals surface area contributed by atoms with E-state index in [1.165, 1.54) is 44.9 Å². The van der Waals surface area contributed by atoms with Gasteiger partial charge < -0.3 is 10.2 Å². The van der Waals surface area contributed by atoms with Crippen LogP contribution in [0.2, 0.25) is 0 Å². The van der Waals surface area contributed by atoms with E-state index in [1.807, 2.05) is 0 Å². The minimum Gasteiger partial charge on any atom is -0.393 e. The Labute approximate surface area is 179 Å². The van der Waals surface area contributed by atoms with E-state index in [2.05, 4.69) is 46.8 Å². The van der Waals surface area contributed by atoms with E-state index in [0.717, 1.165) is 30.1 Å². The minimum atomic E-state index is -0.356. The molecule has 0 spiro atoms. The van der Waals surface area contributed by atoms with Gasteiger partial charge in [-0.3, -0.25) is 0 Å². The predicted octanol–water partition coefficient (Wildman–Crippen LogP) is 6.22. The normalized spacial score (nSPS) is 50.1. The average Bonchev–Trinajstić information content (AvgIpc) is 3.00. The van der Waals surface area contributed by atoms with Crippen molar-refractivity contribution in [2.75, 3.05) is 0 Å². The van der Waals surface area contributed by atoms with Crippen LogP contribution in [-0.4, -0.2) is 22.4 Å². The van der Waals surface area contributed by atoms with E-state index < -0.39 is 0 Å². The molecule has 166 valence electrons. The van der Waals surface area contributed by atoms with Gasteiger partial charge in [-0.1, -0.05) is 66.0 Å². The molecule has 3 saturated carbocycles. The van der Waals surface area contributed by atoms with Gasteiger partial charge in [0.25, 0.3) is 0 Å². The maximum atomic E-state index is 11.1. The third kappa shape index (κ3) is 3.55. The fourth-order valence-electron chi connectivity index (χ4n) is 8.69. The number of fused-ring (bicyclic) bond motifs is 5. The van der Waals surface area contributed by atoms with E-state index >= 15 is 0 Å². The first-order valence-corrected chi connectivity index (χ1v) is 12.7. The van der Waals surface area contributed by atoms with Crippen LogP contribution in [0.25, 0.3) is 0 Å². The van der Waals surface area contributed by atoms with Gasteiger partial charge >= 0.3 is 0 Å². The van der Waals surface area contributed by atoms with Crippen molar-refractivity contribution in [3.63, 3.8) is 0 Å². The molecule has 0 aliphatic heterocycles. The maximum absolute atomic E-state index is 11.1. The summed E-state index contributed by atoms with van der Waals surface area (Å²) < 4.78 is 0. The standard InChI is InChI=1S/C27H46O2/c1-17(2)7-6-8-18(3)22-11-12-23-21-10-9-19-15-20(28)16-25(29)27(19,5)24(21)13-14-26(22,23)4/h9-10,17-25,28-29H,6-8,11-16H2,1-5H3/t18-,19?,20?,21+,22-,23+,24+,25?,26-,27+/m1/s1. The second-order valence-electron chi connectivity index (χ2n) is 12.3. The molecule has 0 saturated heterocycles. The molecule has 10 atom stereocenters. The molecule has 2 nitrogen and oxygen atoms in total. The van der Waals surface area contributed by atoms with E-state index in [9.17, 15) is 10.2 Å². The molecule has 3 fully saturated rings. The fraction of sp³-hybridized carbons (Fsp3) is 0.926. The van der Waals surface area contributed by atoms with Crippen LogP contribution in [0, 0.1) is 52.3 Å². The number of hydrogen-bond donors (Lipinski definition) is 2. The Hall–Kier alpha value is -0.340. The van der Waals surface area contributed by atoms with Crippen LogP contribution in [0.5, 0.6) is 0 Å². The fourth-order valence-corrected chi connectivity index (χ4v) is 8.69. The molecule has 4 aliphatic carbocycles. The average molecular weight is 403 g/mol. The third-order valence-electron chi connectivity index (χ3n) is 10.4. The Kier molecular flexibility index (Phi) is 6.01. The second-order valence-corrected chi connectivity index (χ2v) is 12.3. The van der Waals surface area contributed by atoms with E-state index in [-0.39, 0.29) is 17.6 Å². The Balaban J connectivity index is 1.52. The zero-order valence-electron chi connectivity index (χ0n) is 19.6. The molecule has 3 unspecified atom stereocenters. The summed E-state index contributed by atoms with van der Waals surface area (Å²) in [5.41, 5.74) is 0.437. The van der Waals surface area contributed by atoms with Crippen LogP contribution in [0.3, 0.4) is 0 Å². The van der Waals surface area contributed by atoms with Crippen LogP contribution in [0.1, 0.15) is 92.4 Å². The lowest BCUT2D eigenvalue weighted by Gasteiger charge is -2.60. The highest BCUT2D eigenvalue weighted by molar-refractivity contribution is 5.19. The minimum absolute atomic E-state index is 0.0407. The zero-order chi connectivity index (χ0) is 21.0. The molecule has 2 N–H and O–H groups in total. The highest BCUT2D eigenvalue weighted by Crippen LogP contribution is 2.67. The lowest BCUT2D eigenvalue weighted by atomic mass is 9.45. The van der Waals surface area contributed by atoms with Crippen LogP contribution >= 0.6 is 0 Å². The Morgan fingerprint density at radius 3 is 2.41 bits per heavy atom. The highest BCUT2D eigenvalue weighted by atomic mass is 16.3. The number of hydrogen-bond acceptors (Lipinski definition) is 2. The first-order chi connectivity index (χ1) is 13.7. The van der Waals surface area contributed by atoms with Crippen molar-refractivity contribution in [1.29, 1.82) is 0 Å². The van der Waals surface area contributed by atoms with Crippen molar-refractivity contribution in [2.24, 2.45) is 52.3 Å². The second kappa shape index (κ2) is 7.97. The van der Waals surface area contributed by atoms with Gasteiger partial charge in [0, 0.05) is 5.41 Å². The van der Waals surface area contributed by atoms with Crippen molar-refractivity contribution in [2.45, 2.75) is 105 Å². The lowest BCUT2D eigenvalue weighted by Crippen LogP contribution is -2.57. The summed E-state index contributed by atoms with van der Waals surface area (Å²) in [6.45, 7) is 12.2. The lowest BCUT2D eigenvalue weighted by molar-refractivity contribution is -0.145. The summed E-state index contributed by atoms with van der Waals surface area (Å²) in [4.78, 5) is 0. The monoisotopic (exact) mass is 402 g/mol. The van der Waals surface area contributed by atoms with E-state index in [4.69, 9.17) is 0 Å². The Morgan fingerprint density at radius 2 is 1.69 bits per heavy atom. The van der Waals surface area contributed by atoms with Crippen molar-refractivity contribution in [3.8, 4) is 0 Å².